The van der Waals surface area contributed by atoms with Gasteiger partial charge in [-0.3, -0.25) is 4.79 Å². The SMILES string of the molecule is O=C(CC(O)CNC(=O)OCC1c2ccccc2-c2ccccc21)NC(C1CC1)C(F)(F)C(=O)O. The molecule has 0 saturated heterocycles. The lowest BCUT2D eigenvalue weighted by Gasteiger charge is -2.25. The van der Waals surface area contributed by atoms with Crippen molar-refractivity contribution in [3.8, 4) is 11.1 Å². The maximum Gasteiger partial charge on any atom is 0.407 e. The predicted octanol–water partition coefficient (Wildman–Crippen LogP) is 2.89. The van der Waals surface area contributed by atoms with Crippen LogP contribution in [0.2, 0.25) is 0 Å². The number of hydrogen-bond donors (Lipinski definition) is 4. The third kappa shape index (κ3) is 5.43. The molecule has 4 rings (SSSR count). The molecule has 2 aromatic carbocycles. The van der Waals surface area contributed by atoms with E-state index in [1.165, 1.54) is 0 Å². The Bertz CT molecular complexity index is 1080. The zero-order valence-electron chi connectivity index (χ0n) is 18.7. The van der Waals surface area contributed by atoms with Gasteiger partial charge in [-0.05, 0) is 41.0 Å². The van der Waals surface area contributed by atoms with Crippen molar-refractivity contribution >= 4 is 18.0 Å². The number of aliphatic hydroxyl groups is 1. The van der Waals surface area contributed by atoms with Crippen molar-refractivity contribution in [1.29, 1.82) is 0 Å². The van der Waals surface area contributed by atoms with Gasteiger partial charge in [0.25, 0.3) is 0 Å². The number of carbonyl (C=O) groups excluding carboxylic acids is 2. The number of halogens is 2. The lowest BCUT2D eigenvalue weighted by atomic mass is 9.98. The van der Waals surface area contributed by atoms with Crippen LogP contribution in [0.5, 0.6) is 0 Å². The Labute approximate surface area is 200 Å². The minimum absolute atomic E-state index is 0.0732. The summed E-state index contributed by atoms with van der Waals surface area (Å²) < 4.78 is 33.1. The standard InChI is InChI=1S/C25H26F2N2O6/c26-25(27,23(32)33)22(14-9-10-14)29-21(31)11-15(30)12-28-24(34)35-13-20-18-7-3-1-5-16(18)17-6-2-4-8-19(17)20/h1-8,14-15,20,22,30H,9-13H2,(H,28,34)(H,29,31)(H,32,33). The monoisotopic (exact) mass is 488 g/mol. The van der Waals surface area contributed by atoms with Crippen LogP contribution in [-0.4, -0.2) is 59.4 Å². The molecule has 0 aromatic heterocycles. The molecule has 2 aliphatic rings. The number of nitrogens with one attached hydrogen (secondary N) is 2. The number of hydrogen-bond acceptors (Lipinski definition) is 5. The molecule has 35 heavy (non-hydrogen) atoms. The number of alkyl carbamates (subject to hydrolysis) is 1. The molecule has 0 heterocycles. The Balaban J connectivity index is 1.25. The summed E-state index contributed by atoms with van der Waals surface area (Å²) in [4.78, 5) is 35.1. The summed E-state index contributed by atoms with van der Waals surface area (Å²) in [7, 11) is 0. The zero-order chi connectivity index (χ0) is 25.2. The number of aliphatic carboxylic acids is 1. The molecule has 2 aliphatic carbocycles. The van der Waals surface area contributed by atoms with Crippen molar-refractivity contribution < 1.29 is 38.1 Å². The first-order valence-corrected chi connectivity index (χ1v) is 11.4. The number of ether oxygens (including phenoxy) is 1. The normalized spacial score (nSPS) is 16.5. The van der Waals surface area contributed by atoms with Gasteiger partial charge >= 0.3 is 18.0 Å². The number of carbonyl (C=O) groups is 3. The van der Waals surface area contributed by atoms with Crippen molar-refractivity contribution in [2.75, 3.05) is 13.2 Å². The van der Waals surface area contributed by atoms with Gasteiger partial charge in [0.05, 0.1) is 12.5 Å². The number of rotatable bonds is 10. The maximum atomic E-state index is 13.9. The molecule has 8 nitrogen and oxygen atoms in total. The topological polar surface area (TPSA) is 125 Å². The van der Waals surface area contributed by atoms with Crippen molar-refractivity contribution in [1.82, 2.24) is 10.6 Å². The number of amides is 2. The molecule has 2 aromatic rings. The van der Waals surface area contributed by atoms with E-state index in [-0.39, 0.29) is 19.1 Å². The van der Waals surface area contributed by atoms with Crippen molar-refractivity contribution in [2.24, 2.45) is 5.92 Å². The number of benzene rings is 2. The minimum atomic E-state index is -4.11. The van der Waals surface area contributed by atoms with E-state index >= 15 is 0 Å². The molecule has 2 amide bonds. The fraction of sp³-hybridized carbons (Fsp3) is 0.400. The highest BCUT2D eigenvalue weighted by molar-refractivity contribution is 5.81. The molecule has 0 radical (unpaired) electrons. The first-order chi connectivity index (χ1) is 16.7. The Morgan fingerprint density at radius 1 is 1.03 bits per heavy atom. The van der Waals surface area contributed by atoms with Crippen LogP contribution in [0.25, 0.3) is 11.1 Å². The maximum absolute atomic E-state index is 13.9. The lowest BCUT2D eigenvalue weighted by molar-refractivity contribution is -0.171. The van der Waals surface area contributed by atoms with Gasteiger partial charge in [0.15, 0.2) is 0 Å². The molecule has 186 valence electrons. The van der Waals surface area contributed by atoms with Crippen LogP contribution in [0.1, 0.15) is 36.3 Å². The number of carboxylic acids is 1. The highest BCUT2D eigenvalue weighted by atomic mass is 19.3. The van der Waals surface area contributed by atoms with Crippen LogP contribution < -0.4 is 10.6 Å². The molecule has 2 unspecified atom stereocenters. The second-order valence-corrected chi connectivity index (χ2v) is 8.88. The molecule has 1 fully saturated rings. The fourth-order valence-corrected chi connectivity index (χ4v) is 4.44. The smallest absolute Gasteiger partial charge is 0.407 e. The molecule has 2 atom stereocenters. The van der Waals surface area contributed by atoms with E-state index in [4.69, 9.17) is 9.84 Å². The zero-order valence-corrected chi connectivity index (χ0v) is 18.7. The number of fused-ring (bicyclic) bond motifs is 3. The second-order valence-electron chi connectivity index (χ2n) is 8.88. The summed E-state index contributed by atoms with van der Waals surface area (Å²) in [6, 6.07) is 13.9. The second kappa shape index (κ2) is 9.99. The van der Waals surface area contributed by atoms with E-state index in [9.17, 15) is 28.3 Å². The highest BCUT2D eigenvalue weighted by Crippen LogP contribution is 2.44. The summed E-state index contributed by atoms with van der Waals surface area (Å²) in [6.45, 7) is -0.267. The molecule has 10 heteroatoms. The molecular formula is C25H26F2N2O6. The third-order valence-corrected chi connectivity index (χ3v) is 6.33. The molecule has 0 bridgehead atoms. The number of aliphatic hydroxyl groups excluding tert-OH is 1. The van der Waals surface area contributed by atoms with Gasteiger partial charge in [-0.25, -0.2) is 9.59 Å². The van der Waals surface area contributed by atoms with Crippen LogP contribution in [0.15, 0.2) is 48.5 Å². The minimum Gasteiger partial charge on any atom is -0.477 e. The van der Waals surface area contributed by atoms with Crippen molar-refractivity contribution in [2.45, 2.75) is 43.2 Å². The summed E-state index contributed by atoms with van der Waals surface area (Å²) in [5, 5.41) is 23.2. The van der Waals surface area contributed by atoms with Crippen molar-refractivity contribution in [3.63, 3.8) is 0 Å². The largest absolute Gasteiger partial charge is 0.477 e. The summed E-state index contributed by atoms with van der Waals surface area (Å²) in [6.07, 6.45) is -1.96. The van der Waals surface area contributed by atoms with Crippen LogP contribution in [0, 0.1) is 5.92 Å². The Morgan fingerprint density at radius 2 is 1.60 bits per heavy atom. The number of alkyl halides is 2. The Morgan fingerprint density at radius 3 is 2.14 bits per heavy atom. The molecule has 4 N–H and O–H groups in total. The van der Waals surface area contributed by atoms with Crippen LogP contribution in [-0.2, 0) is 14.3 Å². The third-order valence-electron chi connectivity index (χ3n) is 6.33. The van der Waals surface area contributed by atoms with Gasteiger partial charge in [-0.1, -0.05) is 48.5 Å². The Kier molecular flexibility index (Phi) is 7.02. The van der Waals surface area contributed by atoms with Gasteiger partial charge in [0.1, 0.15) is 12.6 Å². The average molecular weight is 488 g/mol. The van der Waals surface area contributed by atoms with E-state index in [1.807, 2.05) is 53.8 Å². The van der Waals surface area contributed by atoms with Crippen molar-refractivity contribution in [3.05, 3.63) is 59.7 Å². The van der Waals surface area contributed by atoms with E-state index in [0.29, 0.717) is 12.8 Å². The van der Waals surface area contributed by atoms with Gasteiger partial charge in [-0.2, -0.15) is 8.78 Å². The van der Waals surface area contributed by atoms with Crippen LogP contribution in [0.3, 0.4) is 0 Å². The molecule has 0 aliphatic heterocycles. The van der Waals surface area contributed by atoms with Gasteiger partial charge in [-0.15, -0.1) is 0 Å². The van der Waals surface area contributed by atoms with Crippen LogP contribution >= 0.6 is 0 Å². The molecule has 1 saturated carbocycles. The van der Waals surface area contributed by atoms with Crippen LogP contribution in [0.4, 0.5) is 13.6 Å². The first-order valence-electron chi connectivity index (χ1n) is 11.4. The average Bonchev–Trinajstić information content (AvgIpc) is 3.62. The lowest BCUT2D eigenvalue weighted by Crippen LogP contribution is -2.53. The van der Waals surface area contributed by atoms with E-state index < -0.39 is 48.4 Å². The Hall–Kier alpha value is -3.53. The number of carboxylic acid groups (broad SMARTS) is 1. The summed E-state index contributed by atoms with van der Waals surface area (Å²) in [5.41, 5.74) is 4.25. The summed E-state index contributed by atoms with van der Waals surface area (Å²) in [5.74, 6) is -8.11. The van der Waals surface area contributed by atoms with Gasteiger partial charge in [0, 0.05) is 12.5 Å². The molecular weight excluding hydrogens is 462 g/mol. The first kappa shape index (κ1) is 24.6. The summed E-state index contributed by atoms with van der Waals surface area (Å²) >= 11 is 0. The quantitative estimate of drug-likeness (QED) is 0.408. The fourth-order valence-electron chi connectivity index (χ4n) is 4.44. The van der Waals surface area contributed by atoms with E-state index in [1.54, 1.807) is 0 Å². The van der Waals surface area contributed by atoms with Gasteiger partial charge in [0.2, 0.25) is 5.91 Å². The van der Waals surface area contributed by atoms with E-state index in [0.717, 1.165) is 22.3 Å². The van der Waals surface area contributed by atoms with Gasteiger partial charge < -0.3 is 25.6 Å². The predicted molar refractivity (Wildman–Crippen MR) is 121 cm³/mol. The highest BCUT2D eigenvalue weighted by Gasteiger charge is 2.54. The molecule has 0 spiro atoms. The van der Waals surface area contributed by atoms with E-state index in [2.05, 4.69) is 5.32 Å².